The number of nitrogens with zero attached hydrogens (tertiary/aromatic N) is 3. The van der Waals surface area contributed by atoms with Crippen molar-refractivity contribution in [1.82, 2.24) is 15.3 Å². The third-order valence-corrected chi connectivity index (χ3v) is 5.45. The zero-order chi connectivity index (χ0) is 22.3. The maximum atomic E-state index is 13.9. The molecule has 2 heterocycles. The standard InChI is InChI=1S/C24H26FN5O2/c1-32-19-8-6-17(7-9-19)16-23(31)27-18-11-14-30(15-12-18)24-26-13-10-22(29-24)28-21-5-3-2-4-20(21)25/h2-10,13,18H,11-12,14-16H2,1H3,(H,27,31)(H,26,28,29). The first-order valence-corrected chi connectivity index (χ1v) is 10.6. The van der Waals surface area contributed by atoms with Crippen molar-refractivity contribution < 1.29 is 13.9 Å². The van der Waals surface area contributed by atoms with E-state index >= 15 is 0 Å². The lowest BCUT2D eigenvalue weighted by Crippen LogP contribution is -2.45. The number of ether oxygens (including phenoxy) is 1. The number of aromatic nitrogens is 2. The molecule has 1 aliphatic heterocycles. The van der Waals surface area contributed by atoms with Crippen LogP contribution < -0.4 is 20.3 Å². The molecule has 7 nitrogen and oxygen atoms in total. The quantitative estimate of drug-likeness (QED) is 0.589. The normalized spacial score (nSPS) is 14.1. The molecule has 1 fully saturated rings. The molecule has 1 aliphatic rings. The fourth-order valence-electron chi connectivity index (χ4n) is 3.70. The van der Waals surface area contributed by atoms with Crippen LogP contribution in [0, 0.1) is 5.82 Å². The maximum Gasteiger partial charge on any atom is 0.227 e. The molecule has 0 radical (unpaired) electrons. The van der Waals surface area contributed by atoms with Crippen LogP contribution >= 0.6 is 0 Å². The Morgan fingerprint density at radius 3 is 2.59 bits per heavy atom. The number of benzene rings is 2. The molecule has 4 rings (SSSR count). The predicted octanol–water partition coefficient (Wildman–Crippen LogP) is 3.70. The van der Waals surface area contributed by atoms with Crippen molar-refractivity contribution in [2.75, 3.05) is 30.4 Å². The molecule has 1 amide bonds. The van der Waals surface area contributed by atoms with Gasteiger partial charge in [-0.25, -0.2) is 9.37 Å². The van der Waals surface area contributed by atoms with Crippen LogP contribution in [0.25, 0.3) is 0 Å². The lowest BCUT2D eigenvalue weighted by Gasteiger charge is -2.32. The van der Waals surface area contributed by atoms with Crippen LogP contribution in [0.1, 0.15) is 18.4 Å². The van der Waals surface area contributed by atoms with Crippen molar-refractivity contribution in [3.8, 4) is 5.75 Å². The molecule has 0 aliphatic carbocycles. The van der Waals surface area contributed by atoms with Gasteiger partial charge in [-0.2, -0.15) is 4.98 Å². The highest BCUT2D eigenvalue weighted by molar-refractivity contribution is 5.79. The summed E-state index contributed by atoms with van der Waals surface area (Å²) in [5, 5.41) is 6.13. The molecule has 0 bridgehead atoms. The summed E-state index contributed by atoms with van der Waals surface area (Å²) in [6.07, 6.45) is 3.62. The largest absolute Gasteiger partial charge is 0.497 e. The smallest absolute Gasteiger partial charge is 0.227 e. The number of methoxy groups -OCH3 is 1. The van der Waals surface area contributed by atoms with Gasteiger partial charge in [0.15, 0.2) is 0 Å². The minimum Gasteiger partial charge on any atom is -0.497 e. The number of nitrogens with one attached hydrogen (secondary N) is 2. The van der Waals surface area contributed by atoms with Gasteiger partial charge in [0.2, 0.25) is 11.9 Å². The molecule has 3 aromatic rings. The summed E-state index contributed by atoms with van der Waals surface area (Å²) < 4.78 is 19.0. The molecule has 0 unspecified atom stereocenters. The average molecular weight is 436 g/mol. The number of anilines is 3. The molecule has 166 valence electrons. The molecule has 1 aromatic heterocycles. The van der Waals surface area contributed by atoms with Crippen molar-refractivity contribution in [2.24, 2.45) is 0 Å². The number of carbonyl (C=O) groups is 1. The molecular weight excluding hydrogens is 409 g/mol. The Kier molecular flexibility index (Phi) is 6.79. The average Bonchev–Trinajstić information content (AvgIpc) is 2.82. The topological polar surface area (TPSA) is 79.4 Å². The highest BCUT2D eigenvalue weighted by Crippen LogP contribution is 2.21. The summed E-state index contributed by atoms with van der Waals surface area (Å²) in [6, 6.07) is 15.8. The van der Waals surface area contributed by atoms with Crippen LogP contribution in [-0.2, 0) is 11.2 Å². The second-order valence-corrected chi connectivity index (χ2v) is 7.70. The Morgan fingerprint density at radius 1 is 1.12 bits per heavy atom. The highest BCUT2D eigenvalue weighted by atomic mass is 19.1. The van der Waals surface area contributed by atoms with Crippen LogP contribution in [0.15, 0.2) is 60.8 Å². The van der Waals surface area contributed by atoms with E-state index < -0.39 is 0 Å². The molecule has 0 spiro atoms. The van der Waals surface area contributed by atoms with Gasteiger partial charge in [-0.3, -0.25) is 4.79 Å². The van der Waals surface area contributed by atoms with E-state index in [-0.39, 0.29) is 17.8 Å². The zero-order valence-electron chi connectivity index (χ0n) is 17.9. The van der Waals surface area contributed by atoms with E-state index in [0.717, 1.165) is 37.2 Å². The first kappa shape index (κ1) is 21.5. The van der Waals surface area contributed by atoms with Crippen LogP contribution in [0.2, 0.25) is 0 Å². The summed E-state index contributed by atoms with van der Waals surface area (Å²) in [5.74, 6) is 1.58. The van der Waals surface area contributed by atoms with Crippen LogP contribution in [0.3, 0.4) is 0 Å². The Hall–Kier alpha value is -3.68. The van der Waals surface area contributed by atoms with Crippen molar-refractivity contribution in [2.45, 2.75) is 25.3 Å². The number of rotatable bonds is 7. The number of halogens is 1. The summed E-state index contributed by atoms with van der Waals surface area (Å²) in [7, 11) is 1.62. The summed E-state index contributed by atoms with van der Waals surface area (Å²) in [4.78, 5) is 23.4. The first-order chi connectivity index (χ1) is 15.6. The lowest BCUT2D eigenvalue weighted by atomic mass is 10.0. The first-order valence-electron chi connectivity index (χ1n) is 10.6. The number of amides is 1. The van der Waals surface area contributed by atoms with E-state index in [1.54, 1.807) is 37.6 Å². The number of hydrogen-bond acceptors (Lipinski definition) is 6. The Morgan fingerprint density at radius 2 is 1.88 bits per heavy atom. The van der Waals surface area contributed by atoms with Gasteiger partial charge in [0.25, 0.3) is 0 Å². The molecule has 32 heavy (non-hydrogen) atoms. The fraction of sp³-hybridized carbons (Fsp3) is 0.292. The summed E-state index contributed by atoms with van der Waals surface area (Å²) in [5.41, 5.74) is 1.32. The van der Waals surface area contributed by atoms with Gasteiger partial charge in [0, 0.05) is 25.3 Å². The molecule has 0 saturated carbocycles. The van der Waals surface area contributed by atoms with Gasteiger partial charge in [-0.05, 0) is 48.7 Å². The molecule has 0 atom stereocenters. The minimum atomic E-state index is -0.334. The van der Waals surface area contributed by atoms with Gasteiger partial charge < -0.3 is 20.3 Å². The number of piperidine rings is 1. The number of para-hydroxylation sites is 1. The number of carbonyl (C=O) groups excluding carboxylic acids is 1. The van der Waals surface area contributed by atoms with Crippen LogP contribution in [0.5, 0.6) is 5.75 Å². The van der Waals surface area contributed by atoms with E-state index in [1.165, 1.54) is 6.07 Å². The number of hydrogen-bond donors (Lipinski definition) is 2. The third kappa shape index (κ3) is 5.51. The van der Waals surface area contributed by atoms with Gasteiger partial charge >= 0.3 is 0 Å². The van der Waals surface area contributed by atoms with Gasteiger partial charge in [0.05, 0.1) is 19.2 Å². The van der Waals surface area contributed by atoms with E-state index in [2.05, 4.69) is 25.5 Å². The molecule has 2 N–H and O–H groups in total. The fourth-order valence-corrected chi connectivity index (χ4v) is 3.70. The molecule has 1 saturated heterocycles. The molecule has 8 heteroatoms. The third-order valence-electron chi connectivity index (χ3n) is 5.45. The monoisotopic (exact) mass is 435 g/mol. The SMILES string of the molecule is COc1ccc(CC(=O)NC2CCN(c3nccc(Nc4ccccc4F)n3)CC2)cc1. The van der Waals surface area contributed by atoms with Gasteiger partial charge in [-0.1, -0.05) is 24.3 Å². The minimum absolute atomic E-state index is 0.0148. The van der Waals surface area contributed by atoms with E-state index in [9.17, 15) is 9.18 Å². The Labute approximate surface area is 186 Å². The van der Waals surface area contributed by atoms with Crippen molar-refractivity contribution >= 4 is 23.4 Å². The predicted molar refractivity (Wildman–Crippen MR) is 122 cm³/mol. The second-order valence-electron chi connectivity index (χ2n) is 7.70. The highest BCUT2D eigenvalue weighted by Gasteiger charge is 2.22. The Balaban J connectivity index is 1.28. The summed E-state index contributed by atoms with van der Waals surface area (Å²) in [6.45, 7) is 1.47. The maximum absolute atomic E-state index is 13.9. The lowest BCUT2D eigenvalue weighted by molar-refractivity contribution is -0.121. The zero-order valence-corrected chi connectivity index (χ0v) is 17.9. The van der Waals surface area contributed by atoms with Gasteiger partial charge in [-0.15, -0.1) is 0 Å². The van der Waals surface area contributed by atoms with Crippen LogP contribution in [0.4, 0.5) is 21.8 Å². The van der Waals surface area contributed by atoms with E-state index in [4.69, 9.17) is 4.74 Å². The van der Waals surface area contributed by atoms with Crippen molar-refractivity contribution in [1.29, 1.82) is 0 Å². The van der Waals surface area contributed by atoms with Crippen LogP contribution in [-0.4, -0.2) is 42.1 Å². The second kappa shape index (κ2) is 10.1. The van der Waals surface area contributed by atoms with E-state index in [0.29, 0.717) is 23.9 Å². The van der Waals surface area contributed by atoms with Crippen molar-refractivity contribution in [3.05, 3.63) is 72.2 Å². The van der Waals surface area contributed by atoms with E-state index in [1.807, 2.05) is 24.3 Å². The summed E-state index contributed by atoms with van der Waals surface area (Å²) >= 11 is 0. The Bertz CT molecular complexity index is 1050. The van der Waals surface area contributed by atoms with Gasteiger partial charge in [0.1, 0.15) is 17.4 Å². The van der Waals surface area contributed by atoms with Crippen molar-refractivity contribution in [3.63, 3.8) is 0 Å². The molecule has 2 aromatic carbocycles. The molecular formula is C24H26FN5O2.